The van der Waals surface area contributed by atoms with Crippen molar-refractivity contribution in [1.29, 1.82) is 0 Å². The van der Waals surface area contributed by atoms with E-state index in [0.717, 1.165) is 15.4 Å². The van der Waals surface area contributed by atoms with E-state index in [-0.39, 0.29) is 0 Å². The number of fused-ring (bicyclic) bond motifs is 1. The molecule has 12 heavy (non-hydrogen) atoms. The van der Waals surface area contributed by atoms with E-state index in [2.05, 4.69) is 20.9 Å². The molecule has 0 amide bonds. The van der Waals surface area contributed by atoms with Gasteiger partial charge in [-0.3, -0.25) is 4.98 Å². The van der Waals surface area contributed by atoms with E-state index in [0.29, 0.717) is 5.02 Å². The first-order chi connectivity index (χ1) is 5.77. The van der Waals surface area contributed by atoms with Crippen molar-refractivity contribution in [3.63, 3.8) is 0 Å². The van der Waals surface area contributed by atoms with Gasteiger partial charge in [-0.05, 0) is 28.1 Å². The van der Waals surface area contributed by atoms with Crippen molar-refractivity contribution in [3.8, 4) is 0 Å². The fourth-order valence-electron chi connectivity index (χ4n) is 1.10. The largest absolute Gasteiger partial charge is 0.254 e. The van der Waals surface area contributed by atoms with Crippen LogP contribution in [0.5, 0.6) is 0 Å². The smallest absolute Gasteiger partial charge is 0.0888 e. The standard InChI is InChI=1S/C9H5BrClN/c10-7-4-6-2-1-3-8(11)9(6)12-5-7/h1-5H. The van der Waals surface area contributed by atoms with E-state index in [1.807, 2.05) is 24.3 Å². The van der Waals surface area contributed by atoms with E-state index in [1.54, 1.807) is 6.20 Å². The fourth-order valence-corrected chi connectivity index (χ4v) is 1.68. The molecule has 3 heteroatoms. The normalized spacial score (nSPS) is 10.5. The minimum absolute atomic E-state index is 0.694. The van der Waals surface area contributed by atoms with E-state index in [1.165, 1.54) is 0 Å². The van der Waals surface area contributed by atoms with E-state index in [4.69, 9.17) is 11.6 Å². The Kier molecular flexibility index (Phi) is 2.03. The number of hydrogen-bond donors (Lipinski definition) is 0. The summed E-state index contributed by atoms with van der Waals surface area (Å²) in [6.07, 6.45) is 1.74. The molecule has 0 aliphatic rings. The lowest BCUT2D eigenvalue weighted by Crippen LogP contribution is -1.78. The molecule has 0 saturated heterocycles. The van der Waals surface area contributed by atoms with Gasteiger partial charge in [0, 0.05) is 16.1 Å². The number of para-hydroxylation sites is 1. The van der Waals surface area contributed by atoms with Crippen molar-refractivity contribution in [2.24, 2.45) is 0 Å². The summed E-state index contributed by atoms with van der Waals surface area (Å²) < 4.78 is 0.970. The first-order valence-electron chi connectivity index (χ1n) is 3.47. The Hall–Kier alpha value is -0.600. The van der Waals surface area contributed by atoms with Gasteiger partial charge in [0.25, 0.3) is 0 Å². The van der Waals surface area contributed by atoms with Gasteiger partial charge in [-0.2, -0.15) is 0 Å². The zero-order valence-electron chi connectivity index (χ0n) is 6.09. The molecule has 0 unspecified atom stereocenters. The minimum Gasteiger partial charge on any atom is -0.254 e. The Morgan fingerprint density at radius 1 is 1.33 bits per heavy atom. The highest BCUT2D eigenvalue weighted by Crippen LogP contribution is 2.23. The maximum absolute atomic E-state index is 5.93. The third-order valence-corrected chi connectivity index (χ3v) is 2.37. The highest BCUT2D eigenvalue weighted by molar-refractivity contribution is 9.10. The second-order valence-electron chi connectivity index (χ2n) is 2.47. The van der Waals surface area contributed by atoms with Crippen LogP contribution in [-0.4, -0.2) is 4.98 Å². The molecule has 0 aliphatic heterocycles. The van der Waals surface area contributed by atoms with Crippen LogP contribution in [0.1, 0.15) is 0 Å². The SMILES string of the molecule is Clc1cccc2cc(Br)cnc12. The monoisotopic (exact) mass is 241 g/mol. The average Bonchev–Trinajstić information content (AvgIpc) is 2.04. The van der Waals surface area contributed by atoms with Crippen LogP contribution in [0.3, 0.4) is 0 Å². The van der Waals surface area contributed by atoms with Gasteiger partial charge in [0.15, 0.2) is 0 Å². The Morgan fingerprint density at radius 3 is 3.00 bits per heavy atom. The predicted molar refractivity (Wildman–Crippen MR) is 54.5 cm³/mol. The molecular weight excluding hydrogens is 237 g/mol. The first-order valence-corrected chi connectivity index (χ1v) is 4.64. The zero-order valence-corrected chi connectivity index (χ0v) is 8.43. The lowest BCUT2D eigenvalue weighted by atomic mass is 10.2. The lowest BCUT2D eigenvalue weighted by Gasteiger charge is -1.98. The molecule has 0 atom stereocenters. The van der Waals surface area contributed by atoms with E-state index < -0.39 is 0 Å². The van der Waals surface area contributed by atoms with Crippen molar-refractivity contribution in [1.82, 2.24) is 4.98 Å². The summed E-state index contributed by atoms with van der Waals surface area (Å²) in [6, 6.07) is 7.73. The second-order valence-corrected chi connectivity index (χ2v) is 3.79. The number of benzene rings is 1. The molecular formula is C9H5BrClN. The van der Waals surface area contributed by atoms with Crippen LogP contribution >= 0.6 is 27.5 Å². The van der Waals surface area contributed by atoms with E-state index >= 15 is 0 Å². The van der Waals surface area contributed by atoms with Crippen molar-refractivity contribution in [2.45, 2.75) is 0 Å². The first kappa shape index (κ1) is 8.02. The molecule has 1 nitrogen and oxygen atoms in total. The summed E-state index contributed by atoms with van der Waals surface area (Å²) in [5, 5.41) is 1.75. The van der Waals surface area contributed by atoms with Gasteiger partial charge in [-0.1, -0.05) is 23.7 Å². The molecule has 1 aromatic heterocycles. The topological polar surface area (TPSA) is 12.9 Å². The number of nitrogens with zero attached hydrogens (tertiary/aromatic N) is 1. The Labute approximate surface area is 83.5 Å². The second kappa shape index (κ2) is 3.04. The number of pyridine rings is 1. The zero-order chi connectivity index (χ0) is 8.55. The molecule has 2 aromatic rings. The van der Waals surface area contributed by atoms with Crippen LogP contribution in [0.25, 0.3) is 10.9 Å². The third kappa shape index (κ3) is 1.32. The summed E-state index contributed by atoms with van der Waals surface area (Å²) in [5.74, 6) is 0. The molecule has 60 valence electrons. The van der Waals surface area contributed by atoms with Crippen LogP contribution in [0.2, 0.25) is 5.02 Å². The summed E-state index contributed by atoms with van der Waals surface area (Å²) in [7, 11) is 0. The van der Waals surface area contributed by atoms with Crippen LogP contribution in [0.15, 0.2) is 34.9 Å². The highest BCUT2D eigenvalue weighted by Gasteiger charge is 1.98. The Bertz CT molecular complexity index is 428. The van der Waals surface area contributed by atoms with E-state index in [9.17, 15) is 0 Å². The maximum Gasteiger partial charge on any atom is 0.0888 e. The molecule has 0 fully saturated rings. The Balaban J connectivity index is 2.86. The summed E-state index contributed by atoms with van der Waals surface area (Å²) in [6.45, 7) is 0. The molecule has 0 N–H and O–H groups in total. The van der Waals surface area contributed by atoms with Crippen LogP contribution in [0.4, 0.5) is 0 Å². The van der Waals surface area contributed by atoms with Gasteiger partial charge in [-0.25, -0.2) is 0 Å². The quantitative estimate of drug-likeness (QED) is 0.687. The fraction of sp³-hybridized carbons (Fsp3) is 0. The molecule has 1 heterocycles. The molecule has 0 aliphatic carbocycles. The molecule has 0 spiro atoms. The van der Waals surface area contributed by atoms with Crippen molar-refractivity contribution in [3.05, 3.63) is 40.0 Å². The number of aromatic nitrogens is 1. The van der Waals surface area contributed by atoms with Crippen LogP contribution in [0, 0.1) is 0 Å². The van der Waals surface area contributed by atoms with Gasteiger partial charge >= 0.3 is 0 Å². The predicted octanol–water partition coefficient (Wildman–Crippen LogP) is 3.65. The average molecular weight is 243 g/mol. The highest BCUT2D eigenvalue weighted by atomic mass is 79.9. The van der Waals surface area contributed by atoms with Gasteiger partial charge in [0.05, 0.1) is 10.5 Å². The maximum atomic E-state index is 5.93. The number of hydrogen-bond acceptors (Lipinski definition) is 1. The minimum atomic E-state index is 0.694. The van der Waals surface area contributed by atoms with Crippen LogP contribution < -0.4 is 0 Å². The summed E-state index contributed by atoms with van der Waals surface area (Å²) in [4.78, 5) is 4.20. The van der Waals surface area contributed by atoms with Crippen molar-refractivity contribution < 1.29 is 0 Å². The Morgan fingerprint density at radius 2 is 2.17 bits per heavy atom. The molecule has 2 rings (SSSR count). The number of halogens is 2. The molecule has 1 aromatic carbocycles. The van der Waals surface area contributed by atoms with Crippen LogP contribution in [-0.2, 0) is 0 Å². The third-order valence-electron chi connectivity index (χ3n) is 1.63. The molecule has 0 bridgehead atoms. The number of rotatable bonds is 0. The van der Waals surface area contributed by atoms with Gasteiger partial charge < -0.3 is 0 Å². The van der Waals surface area contributed by atoms with Gasteiger partial charge in [0.2, 0.25) is 0 Å². The molecule has 0 radical (unpaired) electrons. The summed E-state index contributed by atoms with van der Waals surface area (Å²) in [5.41, 5.74) is 0.849. The molecule has 0 saturated carbocycles. The summed E-state index contributed by atoms with van der Waals surface area (Å²) >= 11 is 9.28. The van der Waals surface area contributed by atoms with Crippen molar-refractivity contribution >= 4 is 38.4 Å². The van der Waals surface area contributed by atoms with Gasteiger partial charge in [-0.15, -0.1) is 0 Å². The van der Waals surface area contributed by atoms with Crippen molar-refractivity contribution in [2.75, 3.05) is 0 Å². The van der Waals surface area contributed by atoms with Gasteiger partial charge in [0.1, 0.15) is 0 Å². The lowest BCUT2D eigenvalue weighted by molar-refractivity contribution is 1.39.